The van der Waals surface area contributed by atoms with Crippen LogP contribution in [0.3, 0.4) is 0 Å². The van der Waals surface area contributed by atoms with E-state index in [1.54, 1.807) is 12.1 Å². The summed E-state index contributed by atoms with van der Waals surface area (Å²) < 4.78 is 14.9. The van der Waals surface area contributed by atoms with Gasteiger partial charge in [0.25, 0.3) is 6.47 Å². The van der Waals surface area contributed by atoms with Gasteiger partial charge in [-0.1, -0.05) is 17.7 Å². The largest absolute Gasteiger partial charge is 0.483 e. The minimum absolute atomic E-state index is 0.195. The van der Waals surface area contributed by atoms with Crippen LogP contribution in [0.2, 0.25) is 5.02 Å². The number of benzene rings is 1. The quantitative estimate of drug-likeness (QED) is 0.440. The summed E-state index contributed by atoms with van der Waals surface area (Å²) in [6.45, 7) is 1.59. The summed E-state index contributed by atoms with van der Waals surface area (Å²) in [5.41, 5.74) is 1.72. The SMILES string of the molecule is Cc1cc(Nc2ncc(C=O)c3nc(-c4c(F)cccc4Cl)sc23)ncn1.O=CO. The van der Waals surface area contributed by atoms with Crippen molar-refractivity contribution in [1.29, 1.82) is 0 Å². The number of thiazole rings is 1. The molecule has 0 spiro atoms. The molecule has 4 aromatic rings. The van der Waals surface area contributed by atoms with Gasteiger partial charge in [0.15, 0.2) is 12.1 Å². The number of halogens is 2. The first-order valence-corrected chi connectivity index (χ1v) is 9.50. The first-order valence-electron chi connectivity index (χ1n) is 8.31. The second-order valence-electron chi connectivity index (χ2n) is 5.75. The number of carboxylic acid groups (broad SMARTS) is 1. The van der Waals surface area contributed by atoms with Crippen LogP contribution in [0.25, 0.3) is 20.8 Å². The van der Waals surface area contributed by atoms with Gasteiger partial charge in [-0.15, -0.1) is 11.3 Å². The Hall–Kier alpha value is -3.50. The fraction of sp³-hybridized carbons (Fsp3) is 0.0526. The molecule has 3 heterocycles. The molecule has 152 valence electrons. The Bertz CT molecular complexity index is 1210. The molecule has 0 amide bonds. The Labute approximate surface area is 178 Å². The Balaban J connectivity index is 0.000000806. The van der Waals surface area contributed by atoms with E-state index in [4.69, 9.17) is 21.5 Å². The van der Waals surface area contributed by atoms with Crippen molar-refractivity contribution in [2.24, 2.45) is 0 Å². The van der Waals surface area contributed by atoms with Gasteiger partial charge in [0.1, 0.15) is 23.0 Å². The first-order chi connectivity index (χ1) is 14.5. The minimum atomic E-state index is -0.483. The fourth-order valence-corrected chi connectivity index (χ4v) is 3.97. The highest BCUT2D eigenvalue weighted by Crippen LogP contribution is 2.39. The van der Waals surface area contributed by atoms with E-state index in [0.717, 1.165) is 5.69 Å². The summed E-state index contributed by atoms with van der Waals surface area (Å²) in [5.74, 6) is 0.530. The number of pyridine rings is 1. The number of fused-ring (bicyclic) bond motifs is 1. The maximum atomic E-state index is 14.3. The van der Waals surface area contributed by atoms with Crippen molar-refractivity contribution < 1.29 is 19.1 Å². The van der Waals surface area contributed by atoms with Gasteiger partial charge in [-0.3, -0.25) is 9.59 Å². The van der Waals surface area contributed by atoms with Crippen LogP contribution in [0.15, 0.2) is 36.8 Å². The third-order valence-electron chi connectivity index (χ3n) is 3.80. The lowest BCUT2D eigenvalue weighted by molar-refractivity contribution is -0.122. The van der Waals surface area contributed by atoms with Crippen molar-refractivity contribution in [3.63, 3.8) is 0 Å². The smallest absolute Gasteiger partial charge is 0.290 e. The highest BCUT2D eigenvalue weighted by Gasteiger charge is 2.19. The van der Waals surface area contributed by atoms with E-state index in [0.29, 0.717) is 38.7 Å². The molecule has 0 radical (unpaired) electrons. The van der Waals surface area contributed by atoms with Crippen molar-refractivity contribution in [3.05, 3.63) is 58.9 Å². The second-order valence-corrected chi connectivity index (χ2v) is 7.15. The van der Waals surface area contributed by atoms with Crippen molar-refractivity contribution in [3.8, 4) is 10.6 Å². The van der Waals surface area contributed by atoms with Crippen LogP contribution in [-0.2, 0) is 4.79 Å². The van der Waals surface area contributed by atoms with Gasteiger partial charge in [0.05, 0.1) is 26.4 Å². The Morgan fingerprint density at radius 1 is 1.23 bits per heavy atom. The average Bonchev–Trinajstić information content (AvgIpc) is 3.14. The van der Waals surface area contributed by atoms with Gasteiger partial charge >= 0.3 is 0 Å². The first kappa shape index (κ1) is 21.2. The van der Waals surface area contributed by atoms with Crippen LogP contribution >= 0.6 is 22.9 Å². The highest BCUT2D eigenvalue weighted by molar-refractivity contribution is 7.22. The van der Waals surface area contributed by atoms with Gasteiger partial charge in [0.2, 0.25) is 0 Å². The molecular weight excluding hydrogens is 433 g/mol. The molecule has 3 aromatic heterocycles. The molecule has 2 N–H and O–H groups in total. The normalized spacial score (nSPS) is 10.2. The zero-order valence-corrected chi connectivity index (χ0v) is 16.9. The molecule has 1 aromatic carbocycles. The number of nitrogens with zero attached hydrogens (tertiary/aromatic N) is 4. The number of hydrogen-bond donors (Lipinski definition) is 2. The van der Waals surface area contributed by atoms with Gasteiger partial charge in [-0.2, -0.15) is 0 Å². The summed E-state index contributed by atoms with van der Waals surface area (Å²) in [6.07, 6.45) is 3.52. The highest BCUT2D eigenvalue weighted by atomic mass is 35.5. The number of aromatic nitrogens is 4. The van der Waals surface area contributed by atoms with Crippen LogP contribution in [0.4, 0.5) is 16.0 Å². The van der Waals surface area contributed by atoms with Crippen molar-refractivity contribution in [2.75, 3.05) is 5.32 Å². The summed E-state index contributed by atoms with van der Waals surface area (Å²) in [7, 11) is 0. The second kappa shape index (κ2) is 9.33. The topological polar surface area (TPSA) is 118 Å². The number of carbonyl (C=O) groups excluding carboxylic acids is 1. The number of carbonyl (C=O) groups is 2. The van der Waals surface area contributed by atoms with Crippen LogP contribution in [0, 0.1) is 12.7 Å². The molecule has 30 heavy (non-hydrogen) atoms. The zero-order chi connectivity index (χ0) is 21.7. The van der Waals surface area contributed by atoms with E-state index >= 15 is 0 Å². The van der Waals surface area contributed by atoms with Crippen molar-refractivity contribution in [2.45, 2.75) is 6.92 Å². The van der Waals surface area contributed by atoms with Crippen molar-refractivity contribution in [1.82, 2.24) is 19.9 Å². The van der Waals surface area contributed by atoms with E-state index in [2.05, 4.69) is 25.3 Å². The number of rotatable bonds is 4. The molecule has 0 aliphatic rings. The maximum Gasteiger partial charge on any atom is 0.290 e. The number of hydrogen-bond acceptors (Lipinski definition) is 8. The molecule has 11 heteroatoms. The van der Waals surface area contributed by atoms with Crippen LogP contribution in [0.5, 0.6) is 0 Å². The predicted octanol–water partition coefficient (Wildman–Crippen LogP) is 4.51. The standard InChI is InChI=1S/C18H11ClFN5OS.CH2O2/c1-9-5-13(23-8-22-9)24-17-16-15(10(7-26)6-21-17)25-18(27-16)14-11(19)3-2-4-12(14)20;2-1-3/h2-8H,1H3,(H,21,22,23,24);1H,(H,2,3). The molecule has 0 saturated heterocycles. The Morgan fingerprint density at radius 2 is 2.00 bits per heavy atom. The molecule has 0 aliphatic heterocycles. The van der Waals surface area contributed by atoms with E-state index in [-0.39, 0.29) is 17.1 Å². The van der Waals surface area contributed by atoms with Crippen molar-refractivity contribution >= 4 is 57.5 Å². The van der Waals surface area contributed by atoms with Crippen LogP contribution in [0.1, 0.15) is 16.1 Å². The summed E-state index contributed by atoms with van der Waals surface area (Å²) in [6, 6.07) is 6.19. The lowest BCUT2D eigenvalue weighted by atomic mass is 10.2. The van der Waals surface area contributed by atoms with Crippen LogP contribution < -0.4 is 5.32 Å². The Kier molecular flexibility index (Phi) is 6.60. The zero-order valence-electron chi connectivity index (χ0n) is 15.3. The van der Waals surface area contributed by atoms with Gasteiger partial charge < -0.3 is 10.4 Å². The number of aryl methyl sites for hydroxylation is 1. The van der Waals surface area contributed by atoms with E-state index in [9.17, 15) is 9.18 Å². The van der Waals surface area contributed by atoms with E-state index < -0.39 is 5.82 Å². The molecule has 8 nitrogen and oxygen atoms in total. The number of anilines is 2. The molecule has 0 fully saturated rings. The summed E-state index contributed by atoms with van der Waals surface area (Å²) in [5, 5.41) is 10.6. The molecule has 0 aliphatic carbocycles. The van der Waals surface area contributed by atoms with E-state index in [1.807, 2.05) is 6.92 Å². The molecule has 0 unspecified atom stereocenters. The monoisotopic (exact) mass is 445 g/mol. The van der Waals surface area contributed by atoms with E-state index in [1.165, 1.54) is 36.0 Å². The maximum absolute atomic E-state index is 14.3. The molecular formula is C19H13ClFN5O3S. The average molecular weight is 446 g/mol. The summed E-state index contributed by atoms with van der Waals surface area (Å²) in [4.78, 5) is 36.7. The van der Waals surface area contributed by atoms with Gasteiger partial charge in [-0.25, -0.2) is 24.3 Å². The third kappa shape index (κ3) is 4.39. The van der Waals surface area contributed by atoms with Gasteiger partial charge in [0, 0.05) is 18.0 Å². The third-order valence-corrected chi connectivity index (χ3v) is 5.20. The lowest BCUT2D eigenvalue weighted by Crippen LogP contribution is -1.98. The lowest BCUT2D eigenvalue weighted by Gasteiger charge is -2.06. The molecule has 0 atom stereocenters. The molecule has 0 bridgehead atoms. The minimum Gasteiger partial charge on any atom is -0.483 e. The molecule has 4 rings (SSSR count). The number of aldehydes is 1. The fourth-order valence-electron chi connectivity index (χ4n) is 2.56. The Morgan fingerprint density at radius 3 is 2.67 bits per heavy atom. The predicted molar refractivity (Wildman–Crippen MR) is 112 cm³/mol. The van der Waals surface area contributed by atoms with Crippen LogP contribution in [-0.4, -0.2) is 37.8 Å². The number of nitrogens with one attached hydrogen (secondary N) is 1. The van der Waals surface area contributed by atoms with Gasteiger partial charge in [-0.05, 0) is 19.1 Å². The summed E-state index contributed by atoms with van der Waals surface area (Å²) >= 11 is 7.36. The molecule has 0 saturated carbocycles.